The molecule has 0 spiro atoms. The summed E-state index contributed by atoms with van der Waals surface area (Å²) in [5.74, 6) is -0.871. The smallest absolute Gasteiger partial charge is 0.234 e. The molecule has 26 heavy (non-hydrogen) atoms. The first kappa shape index (κ1) is 18.1. The van der Waals surface area contributed by atoms with E-state index in [1.54, 1.807) is 12.3 Å². The van der Waals surface area contributed by atoms with Crippen LogP contribution < -0.4 is 5.32 Å². The highest BCUT2D eigenvalue weighted by molar-refractivity contribution is 8.00. The summed E-state index contributed by atoms with van der Waals surface area (Å²) in [4.78, 5) is 28.2. The molecule has 0 aliphatic rings. The second-order valence-electron chi connectivity index (χ2n) is 5.87. The van der Waals surface area contributed by atoms with E-state index >= 15 is 0 Å². The standard InChI is InChI=1S/C20H17FN2O2S/c1-12-5-7-17(15-4-3-9-22-20(12)15)23-19(25)11-26-18-8-6-14(13(2)24)10-16(18)21/h3-10H,11H2,1-2H3,(H,23,25). The number of amides is 1. The molecule has 0 aliphatic carbocycles. The summed E-state index contributed by atoms with van der Waals surface area (Å²) in [5.41, 5.74) is 2.86. The highest BCUT2D eigenvalue weighted by atomic mass is 32.2. The largest absolute Gasteiger partial charge is 0.325 e. The Morgan fingerprint density at radius 3 is 2.73 bits per heavy atom. The van der Waals surface area contributed by atoms with Gasteiger partial charge in [0.05, 0.1) is 17.0 Å². The summed E-state index contributed by atoms with van der Waals surface area (Å²) in [6, 6.07) is 11.7. The molecule has 0 aliphatic heterocycles. The number of carbonyl (C=O) groups excluding carboxylic acids is 2. The van der Waals surface area contributed by atoms with E-state index < -0.39 is 5.82 Å². The summed E-state index contributed by atoms with van der Waals surface area (Å²) < 4.78 is 14.0. The van der Waals surface area contributed by atoms with Gasteiger partial charge >= 0.3 is 0 Å². The van der Waals surface area contributed by atoms with Crippen molar-refractivity contribution in [3.63, 3.8) is 0 Å². The Morgan fingerprint density at radius 1 is 1.19 bits per heavy atom. The van der Waals surface area contributed by atoms with E-state index in [-0.39, 0.29) is 17.4 Å². The van der Waals surface area contributed by atoms with Gasteiger partial charge in [-0.25, -0.2) is 4.39 Å². The summed E-state index contributed by atoms with van der Waals surface area (Å²) >= 11 is 1.09. The van der Waals surface area contributed by atoms with Crippen LogP contribution in [-0.4, -0.2) is 22.4 Å². The zero-order chi connectivity index (χ0) is 18.7. The Hall–Kier alpha value is -2.73. The number of nitrogens with one attached hydrogen (secondary N) is 1. The van der Waals surface area contributed by atoms with Gasteiger partial charge in [-0.2, -0.15) is 0 Å². The summed E-state index contributed by atoms with van der Waals surface area (Å²) in [6.07, 6.45) is 1.71. The molecule has 4 nitrogen and oxygen atoms in total. The molecule has 0 saturated heterocycles. The third-order valence-electron chi connectivity index (χ3n) is 3.94. The second-order valence-corrected chi connectivity index (χ2v) is 6.89. The van der Waals surface area contributed by atoms with Crippen molar-refractivity contribution in [2.75, 3.05) is 11.1 Å². The lowest BCUT2D eigenvalue weighted by Crippen LogP contribution is -2.14. The van der Waals surface area contributed by atoms with E-state index in [2.05, 4.69) is 10.3 Å². The van der Waals surface area contributed by atoms with Crippen molar-refractivity contribution in [1.82, 2.24) is 4.98 Å². The number of aromatic nitrogens is 1. The number of fused-ring (bicyclic) bond motifs is 1. The molecule has 0 bridgehead atoms. The van der Waals surface area contributed by atoms with Crippen molar-refractivity contribution in [2.24, 2.45) is 0 Å². The summed E-state index contributed by atoms with van der Waals surface area (Å²) in [6.45, 7) is 3.35. The van der Waals surface area contributed by atoms with Crippen molar-refractivity contribution >= 4 is 40.0 Å². The van der Waals surface area contributed by atoms with Crippen LogP contribution in [0.5, 0.6) is 0 Å². The van der Waals surface area contributed by atoms with E-state index in [1.807, 2.05) is 31.2 Å². The lowest BCUT2D eigenvalue weighted by molar-refractivity contribution is -0.113. The van der Waals surface area contributed by atoms with Crippen molar-refractivity contribution < 1.29 is 14.0 Å². The number of ketones is 1. The number of rotatable bonds is 5. The molecule has 6 heteroatoms. The number of aryl methyl sites for hydroxylation is 1. The molecular formula is C20H17FN2O2S. The molecule has 3 rings (SSSR count). The maximum atomic E-state index is 14.0. The fourth-order valence-electron chi connectivity index (χ4n) is 2.59. The fraction of sp³-hybridized carbons (Fsp3) is 0.150. The first-order chi connectivity index (χ1) is 12.5. The van der Waals surface area contributed by atoms with E-state index in [0.29, 0.717) is 16.1 Å². The van der Waals surface area contributed by atoms with E-state index in [4.69, 9.17) is 0 Å². The van der Waals surface area contributed by atoms with Crippen LogP contribution >= 0.6 is 11.8 Å². The number of pyridine rings is 1. The normalized spacial score (nSPS) is 10.7. The van der Waals surface area contributed by atoms with Crippen LogP contribution in [0.1, 0.15) is 22.8 Å². The highest BCUT2D eigenvalue weighted by Crippen LogP contribution is 2.26. The van der Waals surface area contributed by atoms with Gasteiger partial charge < -0.3 is 5.32 Å². The van der Waals surface area contributed by atoms with E-state index in [9.17, 15) is 14.0 Å². The molecule has 1 aromatic heterocycles. The monoisotopic (exact) mass is 368 g/mol. The van der Waals surface area contributed by atoms with Crippen molar-refractivity contribution in [1.29, 1.82) is 0 Å². The predicted molar refractivity (Wildman–Crippen MR) is 102 cm³/mol. The highest BCUT2D eigenvalue weighted by Gasteiger charge is 2.11. The van der Waals surface area contributed by atoms with Gasteiger partial charge in [-0.1, -0.05) is 12.1 Å². The Kier molecular flexibility index (Phi) is 5.32. The zero-order valence-corrected chi connectivity index (χ0v) is 15.2. The number of nitrogens with zero attached hydrogens (tertiary/aromatic N) is 1. The van der Waals surface area contributed by atoms with Gasteiger partial charge in [0.15, 0.2) is 5.78 Å². The van der Waals surface area contributed by atoms with Crippen LogP contribution in [0.25, 0.3) is 10.9 Å². The van der Waals surface area contributed by atoms with E-state index in [0.717, 1.165) is 28.2 Å². The van der Waals surface area contributed by atoms with Gasteiger partial charge in [0.25, 0.3) is 0 Å². The van der Waals surface area contributed by atoms with Crippen LogP contribution in [0.15, 0.2) is 53.6 Å². The van der Waals surface area contributed by atoms with Crippen LogP contribution in [0.4, 0.5) is 10.1 Å². The first-order valence-corrected chi connectivity index (χ1v) is 9.02. The Labute approximate surface area is 154 Å². The Morgan fingerprint density at radius 2 is 2.00 bits per heavy atom. The molecule has 0 radical (unpaired) electrons. The van der Waals surface area contributed by atoms with Gasteiger partial charge in [0.2, 0.25) is 5.91 Å². The topological polar surface area (TPSA) is 59.1 Å². The SMILES string of the molecule is CC(=O)c1ccc(SCC(=O)Nc2ccc(C)c3ncccc23)c(F)c1. The van der Waals surface area contributed by atoms with Crippen molar-refractivity contribution in [2.45, 2.75) is 18.7 Å². The van der Waals surface area contributed by atoms with Gasteiger partial charge in [-0.15, -0.1) is 11.8 Å². The maximum absolute atomic E-state index is 14.0. The van der Waals surface area contributed by atoms with Crippen LogP contribution in [0.2, 0.25) is 0 Å². The quantitative estimate of drug-likeness (QED) is 0.527. The maximum Gasteiger partial charge on any atom is 0.234 e. The lowest BCUT2D eigenvalue weighted by atomic mass is 10.1. The molecule has 2 aromatic carbocycles. The average Bonchev–Trinajstić information content (AvgIpc) is 2.63. The molecule has 132 valence electrons. The molecule has 0 atom stereocenters. The van der Waals surface area contributed by atoms with E-state index in [1.165, 1.54) is 19.1 Å². The van der Waals surface area contributed by atoms with Crippen molar-refractivity contribution in [3.05, 3.63) is 65.6 Å². The molecular weight excluding hydrogens is 351 g/mol. The summed E-state index contributed by atoms with van der Waals surface area (Å²) in [5, 5.41) is 3.72. The second kappa shape index (κ2) is 7.66. The number of hydrogen-bond donors (Lipinski definition) is 1. The Bertz CT molecular complexity index is 1000. The molecule has 3 aromatic rings. The molecule has 0 fully saturated rings. The number of hydrogen-bond acceptors (Lipinski definition) is 4. The minimum absolute atomic E-state index is 0.0615. The van der Waals surface area contributed by atoms with Gasteiger partial charge in [-0.05, 0) is 49.7 Å². The zero-order valence-electron chi connectivity index (χ0n) is 14.4. The molecule has 0 saturated carbocycles. The molecule has 1 amide bonds. The molecule has 0 unspecified atom stereocenters. The van der Waals surface area contributed by atoms with Crippen LogP contribution in [-0.2, 0) is 4.79 Å². The summed E-state index contributed by atoms with van der Waals surface area (Å²) in [7, 11) is 0. The van der Waals surface area contributed by atoms with Crippen LogP contribution in [0, 0.1) is 12.7 Å². The number of halogens is 1. The number of Topliss-reactive ketones (excluding diaryl/α,β-unsaturated/α-hetero) is 1. The van der Waals surface area contributed by atoms with Crippen molar-refractivity contribution in [3.8, 4) is 0 Å². The fourth-order valence-corrected chi connectivity index (χ4v) is 3.31. The first-order valence-electron chi connectivity index (χ1n) is 8.03. The van der Waals surface area contributed by atoms with Gasteiger partial charge in [0, 0.05) is 22.0 Å². The minimum Gasteiger partial charge on any atom is -0.325 e. The molecule has 1 heterocycles. The average molecular weight is 368 g/mol. The molecule has 1 N–H and O–H groups in total. The predicted octanol–water partition coefficient (Wildman–Crippen LogP) is 4.62. The lowest BCUT2D eigenvalue weighted by Gasteiger charge is -2.10. The van der Waals surface area contributed by atoms with Gasteiger partial charge in [-0.3, -0.25) is 14.6 Å². The minimum atomic E-state index is -0.500. The third kappa shape index (κ3) is 3.91. The number of benzene rings is 2. The van der Waals surface area contributed by atoms with Crippen LogP contribution in [0.3, 0.4) is 0 Å². The number of thioether (sulfide) groups is 1. The van der Waals surface area contributed by atoms with Gasteiger partial charge in [0.1, 0.15) is 5.82 Å². The number of carbonyl (C=O) groups is 2. The third-order valence-corrected chi connectivity index (χ3v) is 4.99. The Balaban J connectivity index is 1.71. The number of anilines is 1.